The van der Waals surface area contributed by atoms with Gasteiger partial charge < -0.3 is 15.3 Å². The molecule has 0 amide bonds. The summed E-state index contributed by atoms with van der Waals surface area (Å²) in [5, 5.41) is 30.6. The van der Waals surface area contributed by atoms with Crippen LogP contribution < -0.4 is 0 Å². The quantitative estimate of drug-likeness (QED) is 0.567. The average Bonchev–Trinajstić information content (AvgIpc) is 2.89. The lowest BCUT2D eigenvalue weighted by Crippen LogP contribution is -2.73. The molecular weight excluding hydrogens is 418 g/mol. The highest BCUT2D eigenvalue weighted by Crippen LogP contribution is 2.71. The first-order chi connectivity index (χ1) is 13.8. The van der Waals surface area contributed by atoms with E-state index in [4.69, 9.17) is 11.6 Å². The van der Waals surface area contributed by atoms with Crippen molar-refractivity contribution >= 4 is 23.2 Å². The molecule has 0 aromatic carbocycles. The van der Waals surface area contributed by atoms with E-state index in [0.29, 0.717) is 0 Å². The average molecular weight is 445 g/mol. The van der Waals surface area contributed by atoms with E-state index in [1.54, 1.807) is 13.8 Å². The van der Waals surface area contributed by atoms with E-state index in [-0.39, 0.29) is 18.4 Å². The Morgan fingerprint density at radius 2 is 2.00 bits per heavy atom. The summed E-state index contributed by atoms with van der Waals surface area (Å²) in [6.45, 7) is 3.78. The molecule has 0 unspecified atom stereocenters. The van der Waals surface area contributed by atoms with Crippen molar-refractivity contribution in [2.75, 3.05) is 6.61 Å². The molecule has 30 heavy (non-hydrogen) atoms. The molecule has 0 aliphatic heterocycles. The molecule has 0 radical (unpaired) electrons. The zero-order chi connectivity index (χ0) is 22.4. The largest absolute Gasteiger partial charge is 0.390 e. The Labute approximate surface area is 178 Å². The smallest absolute Gasteiger partial charge is 0.190 e. The van der Waals surface area contributed by atoms with Crippen LogP contribution in [0.1, 0.15) is 33.6 Å². The lowest BCUT2D eigenvalue weighted by atomic mass is 9.44. The Morgan fingerprint density at radius 1 is 1.37 bits per heavy atom. The number of Topliss-reactive ketones (excluding diaryl/α,β-unsaturated/α-hetero) is 1. The Kier molecular flexibility index (Phi) is 4.73. The summed E-state index contributed by atoms with van der Waals surface area (Å²) < 4.78 is 32.5. The zero-order valence-electron chi connectivity index (χ0n) is 17.1. The summed E-state index contributed by atoms with van der Waals surface area (Å²) in [6.07, 6.45) is -0.0351. The van der Waals surface area contributed by atoms with Crippen molar-refractivity contribution in [3.05, 3.63) is 23.8 Å². The van der Waals surface area contributed by atoms with Crippen LogP contribution in [0.4, 0.5) is 8.78 Å². The minimum absolute atomic E-state index is 0.0934. The number of ketones is 2. The number of rotatable bonds is 2. The predicted molar refractivity (Wildman–Crippen MR) is 105 cm³/mol. The maximum Gasteiger partial charge on any atom is 0.190 e. The molecule has 0 saturated heterocycles. The molecule has 0 spiro atoms. The molecule has 166 valence electrons. The van der Waals surface area contributed by atoms with Crippen LogP contribution in [0.2, 0.25) is 0 Å². The summed E-state index contributed by atoms with van der Waals surface area (Å²) in [7, 11) is 0. The summed E-state index contributed by atoms with van der Waals surface area (Å²) in [5.74, 6) is -3.84. The minimum atomic E-state index is -2.40. The van der Waals surface area contributed by atoms with Crippen LogP contribution in [-0.2, 0) is 9.59 Å². The summed E-state index contributed by atoms with van der Waals surface area (Å²) >= 11 is 6.49. The first-order valence-corrected chi connectivity index (χ1v) is 10.7. The molecule has 3 N–H and O–H groups in total. The molecule has 5 nitrogen and oxygen atoms in total. The van der Waals surface area contributed by atoms with E-state index < -0.39 is 75.7 Å². The first kappa shape index (κ1) is 22.1. The van der Waals surface area contributed by atoms with E-state index in [1.807, 2.05) is 0 Å². The van der Waals surface area contributed by atoms with Crippen molar-refractivity contribution in [2.24, 2.45) is 28.6 Å². The number of hydrogen-bond donors (Lipinski definition) is 3. The van der Waals surface area contributed by atoms with Gasteiger partial charge in [0.05, 0.1) is 11.5 Å². The van der Waals surface area contributed by atoms with E-state index >= 15 is 8.78 Å². The van der Waals surface area contributed by atoms with Crippen molar-refractivity contribution in [3.63, 3.8) is 0 Å². The first-order valence-electron chi connectivity index (χ1n) is 10.3. The Balaban J connectivity index is 1.92. The number of carbonyl (C=O) groups is 2. The van der Waals surface area contributed by atoms with Gasteiger partial charge in [0.2, 0.25) is 0 Å². The second-order valence-corrected chi connectivity index (χ2v) is 10.4. The van der Waals surface area contributed by atoms with Crippen molar-refractivity contribution in [2.45, 2.75) is 62.5 Å². The number of aliphatic hydroxyl groups is 3. The summed E-state index contributed by atoms with van der Waals surface area (Å²) in [4.78, 5) is 24.5. The lowest BCUT2D eigenvalue weighted by Gasteiger charge is -2.64. The van der Waals surface area contributed by atoms with Gasteiger partial charge in [-0.1, -0.05) is 19.9 Å². The maximum atomic E-state index is 17.0. The highest BCUT2D eigenvalue weighted by atomic mass is 35.5. The van der Waals surface area contributed by atoms with Crippen molar-refractivity contribution < 1.29 is 33.7 Å². The monoisotopic (exact) mass is 444 g/mol. The van der Waals surface area contributed by atoms with E-state index in [0.717, 1.165) is 6.08 Å². The molecule has 10 atom stereocenters. The third-order valence-electron chi connectivity index (χ3n) is 8.79. The third kappa shape index (κ3) is 2.22. The van der Waals surface area contributed by atoms with Crippen molar-refractivity contribution in [1.82, 2.24) is 0 Å². The van der Waals surface area contributed by atoms with Gasteiger partial charge in [-0.25, -0.2) is 8.78 Å². The van der Waals surface area contributed by atoms with Gasteiger partial charge >= 0.3 is 0 Å². The summed E-state index contributed by atoms with van der Waals surface area (Å²) in [6, 6.07) is 0. The van der Waals surface area contributed by atoms with Gasteiger partial charge in [0.1, 0.15) is 18.4 Å². The molecule has 8 heteroatoms. The fourth-order valence-corrected chi connectivity index (χ4v) is 7.69. The Morgan fingerprint density at radius 3 is 2.60 bits per heavy atom. The fraction of sp³-hybridized carbons (Fsp3) is 0.727. The lowest BCUT2D eigenvalue weighted by molar-refractivity contribution is -0.222. The number of allylic oxidation sites excluding steroid dienone is 4. The van der Waals surface area contributed by atoms with E-state index in [9.17, 15) is 24.9 Å². The van der Waals surface area contributed by atoms with Gasteiger partial charge in [-0.05, 0) is 49.3 Å². The van der Waals surface area contributed by atoms with Crippen LogP contribution >= 0.6 is 11.6 Å². The Hall–Kier alpha value is -1.15. The second-order valence-electron chi connectivity index (χ2n) is 9.91. The molecule has 4 aliphatic rings. The highest BCUT2D eigenvalue weighted by molar-refractivity contribution is 6.22. The molecule has 0 aromatic heterocycles. The van der Waals surface area contributed by atoms with E-state index in [1.165, 1.54) is 19.1 Å². The number of aliphatic hydroxyl groups excluding tert-OH is 2. The molecular formula is C22H27ClF2O5. The second kappa shape index (κ2) is 6.44. The standard InChI is InChI=1S/C22H27ClF2O5/c1-10-6-12-16-17(23)18(24)13-7-11(27)4-5-19(13,2)21(16,25)14(28)8-20(12,3)22(10,30)15(29)9-26/h4-5,7,10,12,14,16-18,26,28,30H,6,8-9H2,1-3H3/t10-,12-,14-,16+,17-,18-,19-,20-,21+,22-/m0/s1. The van der Waals surface area contributed by atoms with Crippen LogP contribution in [0, 0.1) is 28.6 Å². The molecule has 3 fully saturated rings. The Bertz CT molecular complexity index is 876. The normalized spacial score (nSPS) is 54.8. The molecule has 0 aromatic rings. The van der Waals surface area contributed by atoms with Crippen LogP contribution in [0.5, 0.6) is 0 Å². The van der Waals surface area contributed by atoms with Gasteiger partial charge in [-0.15, -0.1) is 11.6 Å². The molecule has 4 rings (SSSR count). The summed E-state index contributed by atoms with van der Waals surface area (Å²) in [5.41, 5.74) is -7.38. The number of halogens is 3. The topological polar surface area (TPSA) is 94.8 Å². The zero-order valence-corrected chi connectivity index (χ0v) is 17.9. The van der Waals surface area contributed by atoms with E-state index in [2.05, 4.69) is 0 Å². The molecule has 0 bridgehead atoms. The van der Waals surface area contributed by atoms with Crippen LogP contribution in [0.15, 0.2) is 23.8 Å². The number of carbonyl (C=O) groups excluding carboxylic acids is 2. The third-order valence-corrected chi connectivity index (χ3v) is 9.29. The van der Waals surface area contributed by atoms with Gasteiger partial charge in [0.15, 0.2) is 17.2 Å². The number of hydrogen-bond acceptors (Lipinski definition) is 5. The minimum Gasteiger partial charge on any atom is -0.390 e. The number of fused-ring (bicyclic) bond motifs is 5. The van der Waals surface area contributed by atoms with Crippen molar-refractivity contribution in [3.8, 4) is 0 Å². The maximum absolute atomic E-state index is 17.0. The molecule has 0 heterocycles. The molecule has 4 aliphatic carbocycles. The van der Waals surface area contributed by atoms with Crippen LogP contribution in [0.25, 0.3) is 0 Å². The van der Waals surface area contributed by atoms with Gasteiger partial charge in [-0.3, -0.25) is 9.59 Å². The predicted octanol–water partition coefficient (Wildman–Crippen LogP) is 2.06. The van der Waals surface area contributed by atoms with Gasteiger partial charge in [0, 0.05) is 16.7 Å². The van der Waals surface area contributed by atoms with Crippen molar-refractivity contribution in [1.29, 1.82) is 0 Å². The van der Waals surface area contributed by atoms with Gasteiger partial charge in [-0.2, -0.15) is 0 Å². The van der Waals surface area contributed by atoms with Gasteiger partial charge in [0.25, 0.3) is 0 Å². The highest BCUT2D eigenvalue weighted by Gasteiger charge is 2.78. The molecule has 3 saturated carbocycles. The SMILES string of the molecule is C[C@H]1C[C@H]2[C@@H]3[C@H](Cl)[C@@H](F)C4=CC(=O)C=C[C@]4(C)[C@@]3(F)[C@@H](O)C[C@]2(C)[C@@]1(O)C(=O)CO. The van der Waals surface area contributed by atoms with Crippen LogP contribution in [-0.4, -0.2) is 62.4 Å². The number of alkyl halides is 3. The fourth-order valence-electron chi connectivity index (χ4n) is 7.20. The van der Waals surface area contributed by atoms with Crippen LogP contribution in [0.3, 0.4) is 0 Å².